The molecule has 3 atom stereocenters. The third-order valence-electron chi connectivity index (χ3n) is 3.73. The molecule has 0 spiro atoms. The van der Waals surface area contributed by atoms with Gasteiger partial charge in [0.2, 0.25) is 0 Å². The van der Waals surface area contributed by atoms with Gasteiger partial charge in [-0.2, -0.15) is 5.10 Å². The molecular weight excluding hydrogens is 250 g/mol. The molecule has 0 aliphatic carbocycles. The van der Waals surface area contributed by atoms with Gasteiger partial charge in [0.25, 0.3) is 0 Å². The minimum Gasteiger partial charge on any atom is -0.368 e. The summed E-state index contributed by atoms with van der Waals surface area (Å²) in [6.07, 6.45) is 4.34. The number of hydrogen-bond donors (Lipinski definition) is 1. The van der Waals surface area contributed by atoms with E-state index in [1.165, 1.54) is 5.56 Å². The standard InChI is InChI=1S/C16H21N3O/c1-12-8-17-13(2)16(20-12)15-9-18-19(11-15)10-14-6-4-3-5-7-14/h3-7,9,11-13,16-17H,8,10H2,1-2H3. The Balaban J connectivity index is 1.73. The summed E-state index contributed by atoms with van der Waals surface area (Å²) in [4.78, 5) is 0. The van der Waals surface area contributed by atoms with Crippen molar-refractivity contribution in [3.63, 3.8) is 0 Å². The molecule has 1 N–H and O–H groups in total. The fourth-order valence-electron chi connectivity index (χ4n) is 2.63. The highest BCUT2D eigenvalue weighted by Gasteiger charge is 2.27. The first-order valence-electron chi connectivity index (χ1n) is 7.17. The van der Waals surface area contributed by atoms with Crippen LogP contribution in [0.25, 0.3) is 0 Å². The molecule has 20 heavy (non-hydrogen) atoms. The summed E-state index contributed by atoms with van der Waals surface area (Å²) in [5.74, 6) is 0. The highest BCUT2D eigenvalue weighted by Crippen LogP contribution is 2.25. The molecule has 0 amide bonds. The van der Waals surface area contributed by atoms with Crippen molar-refractivity contribution in [1.82, 2.24) is 15.1 Å². The quantitative estimate of drug-likeness (QED) is 0.931. The van der Waals surface area contributed by atoms with Crippen molar-refractivity contribution in [1.29, 1.82) is 0 Å². The second kappa shape index (κ2) is 5.77. The molecule has 1 aromatic carbocycles. The van der Waals surface area contributed by atoms with Crippen LogP contribution in [0.2, 0.25) is 0 Å². The first-order chi connectivity index (χ1) is 9.72. The summed E-state index contributed by atoms with van der Waals surface area (Å²) < 4.78 is 8.00. The Labute approximate surface area is 119 Å². The first kappa shape index (κ1) is 13.3. The van der Waals surface area contributed by atoms with Crippen molar-refractivity contribution in [2.45, 2.75) is 38.6 Å². The van der Waals surface area contributed by atoms with Gasteiger partial charge in [-0.25, -0.2) is 0 Å². The molecular formula is C16H21N3O. The average Bonchev–Trinajstić information content (AvgIpc) is 2.91. The number of rotatable bonds is 3. The first-order valence-corrected chi connectivity index (χ1v) is 7.17. The summed E-state index contributed by atoms with van der Waals surface area (Å²) >= 11 is 0. The van der Waals surface area contributed by atoms with Crippen molar-refractivity contribution in [2.24, 2.45) is 0 Å². The molecule has 1 aliphatic heterocycles. The van der Waals surface area contributed by atoms with Gasteiger partial charge in [-0.1, -0.05) is 30.3 Å². The average molecular weight is 271 g/mol. The number of benzene rings is 1. The monoisotopic (exact) mass is 271 g/mol. The summed E-state index contributed by atoms with van der Waals surface area (Å²) in [7, 11) is 0. The Morgan fingerprint density at radius 3 is 2.90 bits per heavy atom. The highest BCUT2D eigenvalue weighted by atomic mass is 16.5. The van der Waals surface area contributed by atoms with Gasteiger partial charge in [-0.05, 0) is 19.4 Å². The fraction of sp³-hybridized carbons (Fsp3) is 0.438. The molecule has 3 rings (SSSR count). The van der Waals surface area contributed by atoms with Gasteiger partial charge >= 0.3 is 0 Å². The lowest BCUT2D eigenvalue weighted by atomic mass is 10.0. The zero-order valence-corrected chi connectivity index (χ0v) is 12.0. The van der Waals surface area contributed by atoms with Crippen molar-refractivity contribution in [2.75, 3.05) is 6.54 Å². The molecule has 0 radical (unpaired) electrons. The van der Waals surface area contributed by atoms with E-state index in [0.717, 1.165) is 18.7 Å². The zero-order chi connectivity index (χ0) is 13.9. The molecule has 0 bridgehead atoms. The second-order valence-electron chi connectivity index (χ2n) is 5.52. The summed E-state index contributed by atoms with van der Waals surface area (Å²) in [5.41, 5.74) is 2.40. The Hall–Kier alpha value is -1.65. The van der Waals surface area contributed by atoms with Gasteiger partial charge in [0.1, 0.15) is 6.10 Å². The van der Waals surface area contributed by atoms with Gasteiger partial charge in [0, 0.05) is 24.3 Å². The number of morpholine rings is 1. The summed E-state index contributed by atoms with van der Waals surface area (Å²) in [6, 6.07) is 10.7. The lowest BCUT2D eigenvalue weighted by molar-refractivity contribution is -0.0520. The van der Waals surface area contributed by atoms with Crippen LogP contribution in [0.5, 0.6) is 0 Å². The lowest BCUT2D eigenvalue weighted by Crippen LogP contribution is -2.45. The van der Waals surface area contributed by atoms with Crippen molar-refractivity contribution in [3.8, 4) is 0 Å². The van der Waals surface area contributed by atoms with E-state index in [1.54, 1.807) is 0 Å². The van der Waals surface area contributed by atoms with Crippen molar-refractivity contribution < 1.29 is 4.74 Å². The maximum atomic E-state index is 6.03. The number of hydrogen-bond acceptors (Lipinski definition) is 3. The smallest absolute Gasteiger partial charge is 0.101 e. The van der Waals surface area contributed by atoms with Gasteiger partial charge in [-0.15, -0.1) is 0 Å². The molecule has 1 aliphatic rings. The molecule has 1 saturated heterocycles. The third kappa shape index (κ3) is 2.92. The Bertz CT molecular complexity index is 552. The van der Waals surface area contributed by atoms with Crippen LogP contribution in [-0.4, -0.2) is 28.5 Å². The number of aromatic nitrogens is 2. The van der Waals surface area contributed by atoms with Crippen LogP contribution in [0.4, 0.5) is 0 Å². The zero-order valence-electron chi connectivity index (χ0n) is 12.0. The van der Waals surface area contributed by atoms with Crippen LogP contribution >= 0.6 is 0 Å². The van der Waals surface area contributed by atoms with E-state index < -0.39 is 0 Å². The van der Waals surface area contributed by atoms with E-state index in [-0.39, 0.29) is 12.2 Å². The molecule has 1 aromatic heterocycles. The minimum absolute atomic E-state index is 0.0864. The molecule has 1 fully saturated rings. The molecule has 4 nitrogen and oxygen atoms in total. The molecule has 106 valence electrons. The van der Waals surface area contributed by atoms with E-state index in [9.17, 15) is 0 Å². The topological polar surface area (TPSA) is 39.1 Å². The van der Waals surface area contributed by atoms with E-state index in [0.29, 0.717) is 6.04 Å². The van der Waals surface area contributed by atoms with E-state index in [1.807, 2.05) is 16.9 Å². The van der Waals surface area contributed by atoms with E-state index >= 15 is 0 Å². The van der Waals surface area contributed by atoms with Gasteiger partial charge in [-0.3, -0.25) is 4.68 Å². The molecule has 3 unspecified atom stereocenters. The number of ether oxygens (including phenoxy) is 1. The largest absolute Gasteiger partial charge is 0.368 e. The van der Waals surface area contributed by atoms with Crippen LogP contribution in [0, 0.1) is 0 Å². The van der Waals surface area contributed by atoms with Crippen LogP contribution in [0.1, 0.15) is 31.1 Å². The van der Waals surface area contributed by atoms with E-state index in [4.69, 9.17) is 4.74 Å². The predicted molar refractivity (Wildman–Crippen MR) is 78.5 cm³/mol. The number of nitrogens with one attached hydrogen (secondary N) is 1. The Kier molecular flexibility index (Phi) is 3.85. The molecule has 2 heterocycles. The normalized spacial score (nSPS) is 26.6. The van der Waals surface area contributed by atoms with Crippen LogP contribution in [0.15, 0.2) is 42.7 Å². The Morgan fingerprint density at radius 1 is 1.30 bits per heavy atom. The highest BCUT2D eigenvalue weighted by molar-refractivity contribution is 5.17. The fourth-order valence-corrected chi connectivity index (χ4v) is 2.63. The maximum Gasteiger partial charge on any atom is 0.101 e. The Morgan fingerprint density at radius 2 is 2.10 bits per heavy atom. The van der Waals surface area contributed by atoms with Crippen LogP contribution in [0.3, 0.4) is 0 Å². The molecule has 4 heteroatoms. The summed E-state index contributed by atoms with van der Waals surface area (Å²) in [6.45, 7) is 5.96. The third-order valence-corrected chi connectivity index (χ3v) is 3.73. The minimum atomic E-state index is 0.0864. The SMILES string of the molecule is CC1CNC(C)C(c2cnn(Cc3ccccc3)c2)O1. The van der Waals surface area contributed by atoms with Gasteiger partial charge < -0.3 is 10.1 Å². The van der Waals surface area contributed by atoms with Crippen LogP contribution in [-0.2, 0) is 11.3 Å². The van der Waals surface area contributed by atoms with Crippen molar-refractivity contribution in [3.05, 3.63) is 53.9 Å². The van der Waals surface area contributed by atoms with Gasteiger partial charge in [0.15, 0.2) is 0 Å². The van der Waals surface area contributed by atoms with Crippen LogP contribution < -0.4 is 5.32 Å². The lowest BCUT2D eigenvalue weighted by Gasteiger charge is -2.33. The maximum absolute atomic E-state index is 6.03. The van der Waals surface area contributed by atoms with Crippen molar-refractivity contribution >= 4 is 0 Å². The van der Waals surface area contributed by atoms with Gasteiger partial charge in [0.05, 0.1) is 18.8 Å². The molecule has 2 aromatic rings. The second-order valence-corrected chi connectivity index (χ2v) is 5.52. The van der Waals surface area contributed by atoms with E-state index in [2.05, 4.69) is 54.7 Å². The molecule has 0 saturated carbocycles. The summed E-state index contributed by atoms with van der Waals surface area (Å²) in [5, 5.41) is 7.93. The number of nitrogens with zero attached hydrogens (tertiary/aromatic N) is 2. The predicted octanol–water partition coefficient (Wildman–Crippen LogP) is 2.37.